The van der Waals surface area contributed by atoms with Crippen molar-refractivity contribution in [2.75, 3.05) is 19.0 Å². The lowest BCUT2D eigenvalue weighted by molar-refractivity contribution is 0.646. The molecule has 5 heteroatoms. The molecule has 2 heterocycles. The minimum absolute atomic E-state index is 0.286. The molecule has 2 rings (SSSR count). The first-order chi connectivity index (χ1) is 9.13. The quantitative estimate of drug-likeness (QED) is 0.911. The second kappa shape index (κ2) is 6.12. The van der Waals surface area contributed by atoms with Crippen LogP contribution in [0.5, 0.6) is 0 Å². The van der Waals surface area contributed by atoms with E-state index in [9.17, 15) is 0 Å². The molecule has 0 aliphatic rings. The van der Waals surface area contributed by atoms with Crippen molar-refractivity contribution in [3.05, 3.63) is 40.0 Å². The van der Waals surface area contributed by atoms with Gasteiger partial charge in [-0.15, -0.1) is 11.3 Å². The predicted octanol–water partition coefficient (Wildman–Crippen LogP) is 2.76. The largest absolute Gasteiger partial charge is 0.354 e. The topological polar surface area (TPSA) is 41.1 Å². The Balaban J connectivity index is 2.24. The van der Waals surface area contributed by atoms with E-state index in [4.69, 9.17) is 0 Å². The summed E-state index contributed by atoms with van der Waals surface area (Å²) in [5.41, 5.74) is 4.22. The molecule has 102 valence electrons. The van der Waals surface area contributed by atoms with Crippen LogP contribution in [0.3, 0.4) is 0 Å². The molecule has 0 bridgehead atoms. The molecule has 0 amide bonds. The molecule has 2 aromatic heterocycles. The van der Waals surface area contributed by atoms with Gasteiger partial charge >= 0.3 is 0 Å². The highest BCUT2D eigenvalue weighted by Gasteiger charge is 2.14. The monoisotopic (exact) mass is 276 g/mol. The normalized spacial score (nSPS) is 12.4. The average Bonchev–Trinajstić information content (AvgIpc) is 2.83. The molecule has 0 aromatic carbocycles. The lowest BCUT2D eigenvalue weighted by Crippen LogP contribution is -2.22. The lowest BCUT2D eigenvalue weighted by atomic mass is 10.1. The van der Waals surface area contributed by atoms with Gasteiger partial charge in [-0.05, 0) is 27.0 Å². The van der Waals surface area contributed by atoms with E-state index >= 15 is 0 Å². The second-order valence-electron chi connectivity index (χ2n) is 4.64. The van der Waals surface area contributed by atoms with E-state index in [1.165, 1.54) is 10.4 Å². The minimum atomic E-state index is 0.286. The van der Waals surface area contributed by atoms with Crippen LogP contribution in [0.25, 0.3) is 0 Å². The Kier molecular flexibility index (Phi) is 4.50. The summed E-state index contributed by atoms with van der Waals surface area (Å²) in [4.78, 5) is 12.3. The highest BCUT2D eigenvalue weighted by Crippen LogP contribution is 2.25. The van der Waals surface area contributed by atoms with Crippen LogP contribution < -0.4 is 10.2 Å². The first-order valence-corrected chi connectivity index (χ1v) is 7.23. The van der Waals surface area contributed by atoms with Crippen molar-refractivity contribution in [3.8, 4) is 0 Å². The molecule has 1 unspecified atom stereocenters. The zero-order chi connectivity index (χ0) is 13.8. The van der Waals surface area contributed by atoms with E-state index in [-0.39, 0.29) is 6.04 Å². The van der Waals surface area contributed by atoms with Crippen LogP contribution in [0.15, 0.2) is 23.8 Å². The maximum Gasteiger partial charge on any atom is 0.133 e. The summed E-state index contributed by atoms with van der Waals surface area (Å²) in [6.07, 6.45) is 1.84. The molecular weight excluding hydrogens is 256 g/mol. The maximum absolute atomic E-state index is 4.53. The van der Waals surface area contributed by atoms with E-state index in [2.05, 4.69) is 47.1 Å². The molecule has 0 aliphatic carbocycles. The third-order valence-corrected chi connectivity index (χ3v) is 4.22. The zero-order valence-electron chi connectivity index (χ0n) is 11.8. The van der Waals surface area contributed by atoms with E-state index in [1.54, 1.807) is 11.3 Å². The van der Waals surface area contributed by atoms with Gasteiger partial charge in [0.15, 0.2) is 0 Å². The summed E-state index contributed by atoms with van der Waals surface area (Å²) in [5.74, 6) is 1.03. The fraction of sp³-hybridized carbons (Fsp3) is 0.429. The Morgan fingerprint density at radius 2 is 2.21 bits per heavy atom. The molecule has 0 saturated carbocycles. The average molecular weight is 276 g/mol. The van der Waals surface area contributed by atoms with Crippen LogP contribution in [-0.2, 0) is 6.54 Å². The van der Waals surface area contributed by atoms with Gasteiger partial charge in [-0.2, -0.15) is 0 Å². The van der Waals surface area contributed by atoms with Gasteiger partial charge in [0, 0.05) is 29.7 Å². The summed E-state index contributed by atoms with van der Waals surface area (Å²) < 4.78 is 0. The standard InChI is InChI=1S/C14H20N4S/c1-10(15-3)12-6-5-7-16-14(12)18(4)8-13-11(2)17-9-19-13/h5-7,9-10,15H,8H2,1-4H3. The van der Waals surface area contributed by atoms with Crippen LogP contribution >= 0.6 is 11.3 Å². The number of aryl methyl sites for hydroxylation is 1. The number of aromatic nitrogens is 2. The second-order valence-corrected chi connectivity index (χ2v) is 5.58. The number of thiazole rings is 1. The Morgan fingerprint density at radius 1 is 1.42 bits per heavy atom. The van der Waals surface area contributed by atoms with E-state index in [1.807, 2.05) is 24.8 Å². The molecule has 0 fully saturated rings. The maximum atomic E-state index is 4.53. The minimum Gasteiger partial charge on any atom is -0.354 e. The molecule has 0 spiro atoms. The fourth-order valence-electron chi connectivity index (χ4n) is 1.99. The molecule has 0 saturated heterocycles. The van der Waals surface area contributed by atoms with Crippen molar-refractivity contribution in [2.45, 2.75) is 26.4 Å². The summed E-state index contributed by atoms with van der Waals surface area (Å²) in [7, 11) is 4.04. The molecule has 1 atom stereocenters. The van der Waals surface area contributed by atoms with Crippen molar-refractivity contribution in [3.63, 3.8) is 0 Å². The first kappa shape index (κ1) is 14.0. The van der Waals surface area contributed by atoms with Crippen molar-refractivity contribution < 1.29 is 0 Å². The predicted molar refractivity (Wildman–Crippen MR) is 80.7 cm³/mol. The van der Waals surface area contributed by atoms with Crippen LogP contribution in [0.4, 0.5) is 5.82 Å². The SMILES string of the molecule is CNC(C)c1cccnc1N(C)Cc1scnc1C. The van der Waals surface area contributed by atoms with Crippen LogP contribution in [0.1, 0.15) is 29.1 Å². The highest BCUT2D eigenvalue weighted by molar-refractivity contribution is 7.09. The zero-order valence-corrected chi connectivity index (χ0v) is 12.7. The first-order valence-electron chi connectivity index (χ1n) is 6.35. The lowest BCUT2D eigenvalue weighted by Gasteiger charge is -2.23. The van der Waals surface area contributed by atoms with Gasteiger partial charge in [0.1, 0.15) is 5.82 Å². The molecule has 0 aliphatic heterocycles. The van der Waals surface area contributed by atoms with Gasteiger partial charge in [0.25, 0.3) is 0 Å². The molecule has 1 N–H and O–H groups in total. The van der Waals surface area contributed by atoms with E-state index in [0.29, 0.717) is 0 Å². The Bertz CT molecular complexity index is 538. The number of nitrogens with one attached hydrogen (secondary N) is 1. The smallest absolute Gasteiger partial charge is 0.133 e. The van der Waals surface area contributed by atoms with Gasteiger partial charge in [-0.25, -0.2) is 9.97 Å². The Morgan fingerprint density at radius 3 is 2.84 bits per heavy atom. The van der Waals surface area contributed by atoms with Crippen LogP contribution in [0.2, 0.25) is 0 Å². The highest BCUT2D eigenvalue weighted by atomic mass is 32.1. The number of nitrogens with zero attached hydrogens (tertiary/aromatic N) is 3. The number of rotatable bonds is 5. The molecular formula is C14H20N4S. The summed E-state index contributed by atoms with van der Waals surface area (Å²) in [5, 5.41) is 3.27. The van der Waals surface area contributed by atoms with E-state index < -0.39 is 0 Å². The van der Waals surface area contributed by atoms with Crippen molar-refractivity contribution in [2.24, 2.45) is 0 Å². The third-order valence-electron chi connectivity index (χ3n) is 3.30. The number of pyridine rings is 1. The van der Waals surface area contributed by atoms with Gasteiger partial charge in [0.2, 0.25) is 0 Å². The van der Waals surface area contributed by atoms with Crippen molar-refractivity contribution >= 4 is 17.2 Å². The van der Waals surface area contributed by atoms with Crippen molar-refractivity contribution in [1.82, 2.24) is 15.3 Å². The summed E-state index contributed by atoms with van der Waals surface area (Å²) in [6.45, 7) is 5.04. The van der Waals surface area contributed by atoms with Gasteiger partial charge in [0.05, 0.1) is 17.7 Å². The summed E-state index contributed by atoms with van der Waals surface area (Å²) >= 11 is 1.70. The molecule has 19 heavy (non-hydrogen) atoms. The number of anilines is 1. The number of hydrogen-bond acceptors (Lipinski definition) is 5. The van der Waals surface area contributed by atoms with E-state index in [0.717, 1.165) is 18.1 Å². The summed E-state index contributed by atoms with van der Waals surface area (Å²) in [6, 6.07) is 4.39. The Labute approximate surface area is 118 Å². The van der Waals surface area contributed by atoms with Crippen LogP contribution in [0, 0.1) is 6.92 Å². The Hall–Kier alpha value is -1.46. The van der Waals surface area contributed by atoms with Gasteiger partial charge in [-0.1, -0.05) is 6.07 Å². The molecule has 4 nitrogen and oxygen atoms in total. The van der Waals surface area contributed by atoms with Gasteiger partial charge in [-0.3, -0.25) is 0 Å². The molecule has 0 radical (unpaired) electrons. The van der Waals surface area contributed by atoms with Crippen molar-refractivity contribution in [1.29, 1.82) is 0 Å². The van der Waals surface area contributed by atoms with Crippen LogP contribution in [-0.4, -0.2) is 24.1 Å². The number of hydrogen-bond donors (Lipinski definition) is 1. The van der Waals surface area contributed by atoms with Gasteiger partial charge < -0.3 is 10.2 Å². The fourth-order valence-corrected chi connectivity index (χ4v) is 2.82. The molecule has 2 aromatic rings. The third kappa shape index (κ3) is 3.11.